The van der Waals surface area contributed by atoms with Crippen molar-refractivity contribution in [3.05, 3.63) is 35.9 Å². The summed E-state index contributed by atoms with van der Waals surface area (Å²) in [5.74, 6) is 0. The molecule has 2 aliphatic rings. The summed E-state index contributed by atoms with van der Waals surface area (Å²) >= 11 is 0. The van der Waals surface area contributed by atoms with Crippen molar-refractivity contribution in [2.45, 2.75) is 44.3 Å². The third-order valence-electron chi connectivity index (χ3n) is 5.02. The minimum atomic E-state index is 0.756. The average molecular weight is 287 g/mol. The average Bonchev–Trinajstić information content (AvgIpc) is 3.09. The second-order valence-corrected chi connectivity index (χ2v) is 6.67. The Bertz CT molecular complexity index is 420. The van der Waals surface area contributed by atoms with Crippen molar-refractivity contribution in [2.24, 2.45) is 0 Å². The highest BCUT2D eigenvalue weighted by atomic mass is 15.2. The van der Waals surface area contributed by atoms with E-state index >= 15 is 0 Å². The van der Waals surface area contributed by atoms with Crippen LogP contribution in [0.4, 0.5) is 0 Å². The highest BCUT2D eigenvalue weighted by molar-refractivity contribution is 5.14. The molecule has 3 rings (SSSR count). The number of nitrogens with one attached hydrogen (secondary N) is 1. The van der Waals surface area contributed by atoms with Crippen LogP contribution in [0.3, 0.4) is 0 Å². The number of hydrogen-bond acceptors (Lipinski definition) is 3. The van der Waals surface area contributed by atoms with Crippen LogP contribution >= 0.6 is 0 Å². The van der Waals surface area contributed by atoms with Gasteiger partial charge in [-0.15, -0.1) is 0 Å². The third-order valence-corrected chi connectivity index (χ3v) is 5.02. The highest BCUT2D eigenvalue weighted by Gasteiger charge is 2.36. The summed E-state index contributed by atoms with van der Waals surface area (Å²) in [6, 6.07) is 12.3. The lowest BCUT2D eigenvalue weighted by atomic mass is 10.1. The van der Waals surface area contributed by atoms with E-state index in [1.54, 1.807) is 0 Å². The van der Waals surface area contributed by atoms with Crippen molar-refractivity contribution in [3.8, 4) is 0 Å². The van der Waals surface area contributed by atoms with Crippen LogP contribution in [-0.2, 0) is 6.54 Å². The minimum Gasteiger partial charge on any atom is -0.312 e. The Kier molecular flexibility index (Phi) is 5.28. The van der Waals surface area contributed by atoms with E-state index in [2.05, 4.69) is 52.5 Å². The van der Waals surface area contributed by atoms with Gasteiger partial charge in [0.05, 0.1) is 0 Å². The predicted molar refractivity (Wildman–Crippen MR) is 88.4 cm³/mol. The van der Waals surface area contributed by atoms with Gasteiger partial charge in [0.25, 0.3) is 0 Å². The standard InChI is InChI=1S/C18H29N3/c1-20(15-16-7-3-2-4-8-16)12-6-11-19-17-10-14-21-13-5-9-18(17)21/h2-4,7-8,17-19H,5-6,9-15H2,1H3. The fourth-order valence-electron chi connectivity index (χ4n) is 3.93. The lowest BCUT2D eigenvalue weighted by Gasteiger charge is -2.22. The molecular weight excluding hydrogens is 258 g/mol. The van der Waals surface area contributed by atoms with Gasteiger partial charge in [-0.05, 0) is 57.9 Å². The van der Waals surface area contributed by atoms with Crippen molar-refractivity contribution in [1.29, 1.82) is 0 Å². The zero-order valence-corrected chi connectivity index (χ0v) is 13.3. The lowest BCUT2D eigenvalue weighted by molar-refractivity contribution is 0.289. The van der Waals surface area contributed by atoms with Crippen molar-refractivity contribution in [1.82, 2.24) is 15.1 Å². The molecule has 0 spiro atoms. The Morgan fingerprint density at radius 3 is 2.90 bits per heavy atom. The first-order chi connectivity index (χ1) is 10.3. The van der Waals surface area contributed by atoms with Crippen LogP contribution in [0.1, 0.15) is 31.2 Å². The molecule has 3 nitrogen and oxygen atoms in total. The SMILES string of the molecule is CN(CCCNC1CCN2CCCC12)Cc1ccccc1. The summed E-state index contributed by atoms with van der Waals surface area (Å²) < 4.78 is 0. The number of nitrogens with zero attached hydrogens (tertiary/aromatic N) is 2. The van der Waals surface area contributed by atoms with E-state index in [4.69, 9.17) is 0 Å². The molecule has 2 saturated heterocycles. The summed E-state index contributed by atoms with van der Waals surface area (Å²) in [5.41, 5.74) is 1.41. The van der Waals surface area contributed by atoms with Crippen molar-refractivity contribution in [2.75, 3.05) is 33.2 Å². The van der Waals surface area contributed by atoms with Gasteiger partial charge in [0.15, 0.2) is 0 Å². The summed E-state index contributed by atoms with van der Waals surface area (Å²) in [6.07, 6.45) is 5.41. The first-order valence-corrected chi connectivity index (χ1v) is 8.53. The molecule has 0 amide bonds. The van der Waals surface area contributed by atoms with E-state index in [-0.39, 0.29) is 0 Å². The molecule has 0 aromatic heterocycles. The molecule has 2 unspecified atom stereocenters. The molecule has 2 aliphatic heterocycles. The lowest BCUT2D eigenvalue weighted by Crippen LogP contribution is -2.40. The number of fused-ring (bicyclic) bond motifs is 1. The van der Waals surface area contributed by atoms with Gasteiger partial charge in [-0.25, -0.2) is 0 Å². The van der Waals surface area contributed by atoms with Gasteiger partial charge in [0.2, 0.25) is 0 Å². The zero-order valence-electron chi connectivity index (χ0n) is 13.3. The monoisotopic (exact) mass is 287 g/mol. The number of rotatable bonds is 7. The highest BCUT2D eigenvalue weighted by Crippen LogP contribution is 2.27. The van der Waals surface area contributed by atoms with Gasteiger partial charge < -0.3 is 10.2 Å². The first kappa shape index (κ1) is 15.0. The molecule has 1 aromatic carbocycles. The van der Waals surface area contributed by atoms with E-state index < -0.39 is 0 Å². The van der Waals surface area contributed by atoms with Crippen LogP contribution in [-0.4, -0.2) is 55.1 Å². The Morgan fingerprint density at radius 1 is 1.19 bits per heavy atom. The van der Waals surface area contributed by atoms with Crippen LogP contribution in [0, 0.1) is 0 Å². The van der Waals surface area contributed by atoms with Gasteiger partial charge in [-0.1, -0.05) is 30.3 Å². The quantitative estimate of drug-likeness (QED) is 0.777. The van der Waals surface area contributed by atoms with Crippen LogP contribution in [0.2, 0.25) is 0 Å². The molecule has 21 heavy (non-hydrogen) atoms. The van der Waals surface area contributed by atoms with Gasteiger partial charge in [0.1, 0.15) is 0 Å². The molecule has 0 aliphatic carbocycles. The maximum absolute atomic E-state index is 3.80. The zero-order chi connectivity index (χ0) is 14.5. The van der Waals surface area contributed by atoms with E-state index in [1.807, 2.05) is 0 Å². The molecule has 0 saturated carbocycles. The van der Waals surface area contributed by atoms with Gasteiger partial charge >= 0.3 is 0 Å². The van der Waals surface area contributed by atoms with Crippen LogP contribution in [0.5, 0.6) is 0 Å². The first-order valence-electron chi connectivity index (χ1n) is 8.53. The maximum Gasteiger partial charge on any atom is 0.0250 e. The second kappa shape index (κ2) is 7.39. The Hall–Kier alpha value is -0.900. The molecule has 2 atom stereocenters. The molecule has 116 valence electrons. The molecule has 0 radical (unpaired) electrons. The fourth-order valence-corrected chi connectivity index (χ4v) is 3.93. The van der Waals surface area contributed by atoms with Crippen LogP contribution < -0.4 is 5.32 Å². The molecule has 2 fully saturated rings. The molecule has 2 heterocycles. The third kappa shape index (κ3) is 4.06. The molecule has 3 heteroatoms. The summed E-state index contributed by atoms with van der Waals surface area (Å²) in [6.45, 7) is 6.04. The molecule has 0 bridgehead atoms. The summed E-state index contributed by atoms with van der Waals surface area (Å²) in [7, 11) is 2.22. The summed E-state index contributed by atoms with van der Waals surface area (Å²) in [4.78, 5) is 5.10. The summed E-state index contributed by atoms with van der Waals surface area (Å²) in [5, 5.41) is 3.80. The molecule has 1 aromatic rings. The van der Waals surface area contributed by atoms with Crippen molar-refractivity contribution < 1.29 is 0 Å². The Labute approximate surface area is 129 Å². The number of hydrogen-bond donors (Lipinski definition) is 1. The van der Waals surface area contributed by atoms with E-state index in [0.717, 1.165) is 25.2 Å². The Morgan fingerprint density at radius 2 is 2.05 bits per heavy atom. The smallest absolute Gasteiger partial charge is 0.0250 e. The van der Waals surface area contributed by atoms with E-state index in [9.17, 15) is 0 Å². The topological polar surface area (TPSA) is 18.5 Å². The van der Waals surface area contributed by atoms with Crippen LogP contribution in [0.25, 0.3) is 0 Å². The maximum atomic E-state index is 3.80. The minimum absolute atomic E-state index is 0.756. The van der Waals surface area contributed by atoms with Gasteiger partial charge in [-0.2, -0.15) is 0 Å². The van der Waals surface area contributed by atoms with Crippen molar-refractivity contribution in [3.63, 3.8) is 0 Å². The fraction of sp³-hybridized carbons (Fsp3) is 0.667. The van der Waals surface area contributed by atoms with Gasteiger partial charge in [0, 0.05) is 25.2 Å². The normalized spacial score (nSPS) is 25.6. The second-order valence-electron chi connectivity index (χ2n) is 6.67. The molecular formula is C18H29N3. The predicted octanol–water partition coefficient (Wildman–Crippen LogP) is 2.33. The van der Waals surface area contributed by atoms with Crippen LogP contribution in [0.15, 0.2) is 30.3 Å². The largest absolute Gasteiger partial charge is 0.312 e. The number of benzene rings is 1. The van der Waals surface area contributed by atoms with E-state index in [1.165, 1.54) is 50.9 Å². The van der Waals surface area contributed by atoms with Gasteiger partial charge in [-0.3, -0.25) is 4.90 Å². The molecule has 1 N–H and O–H groups in total. The van der Waals surface area contributed by atoms with Crippen molar-refractivity contribution >= 4 is 0 Å². The Balaban J connectivity index is 1.31. The van der Waals surface area contributed by atoms with E-state index in [0.29, 0.717) is 0 Å².